The molecular weight excluding hydrogens is 258 g/mol. The molecule has 1 nitrogen and oxygen atoms in total. The molecule has 2 aromatic carbocycles. The molecular formula is C14H11ClF2O. The fraction of sp³-hybridized carbons (Fsp3) is 0.143. The molecule has 1 atom stereocenters. The average molecular weight is 269 g/mol. The van der Waals surface area contributed by atoms with Crippen molar-refractivity contribution in [1.82, 2.24) is 0 Å². The number of benzene rings is 2. The highest BCUT2D eigenvalue weighted by molar-refractivity contribution is 6.30. The Kier molecular flexibility index (Phi) is 3.37. The summed E-state index contributed by atoms with van der Waals surface area (Å²) in [6, 6.07) is 9.76. The Morgan fingerprint density at radius 3 is 2.17 bits per heavy atom. The maximum absolute atomic E-state index is 13.7. The Morgan fingerprint density at radius 1 is 1.06 bits per heavy atom. The molecule has 0 bridgehead atoms. The van der Waals surface area contributed by atoms with Crippen LogP contribution in [0.25, 0.3) is 0 Å². The summed E-state index contributed by atoms with van der Waals surface area (Å²) in [5.41, 5.74) is -1.83. The van der Waals surface area contributed by atoms with Gasteiger partial charge in [-0.25, -0.2) is 8.78 Å². The number of hydrogen-bond acceptors (Lipinski definition) is 1. The normalized spacial score (nSPS) is 14.3. The maximum Gasteiger partial charge on any atom is 0.132 e. The first-order valence-corrected chi connectivity index (χ1v) is 5.73. The van der Waals surface area contributed by atoms with E-state index < -0.39 is 17.2 Å². The molecule has 0 saturated heterocycles. The highest BCUT2D eigenvalue weighted by atomic mass is 35.5. The van der Waals surface area contributed by atoms with Crippen molar-refractivity contribution in [2.45, 2.75) is 12.5 Å². The van der Waals surface area contributed by atoms with Crippen LogP contribution in [0.15, 0.2) is 42.5 Å². The van der Waals surface area contributed by atoms with E-state index in [9.17, 15) is 13.9 Å². The van der Waals surface area contributed by atoms with Gasteiger partial charge in [-0.2, -0.15) is 0 Å². The fourth-order valence-corrected chi connectivity index (χ4v) is 2.09. The van der Waals surface area contributed by atoms with E-state index in [-0.39, 0.29) is 5.56 Å². The van der Waals surface area contributed by atoms with Gasteiger partial charge >= 0.3 is 0 Å². The highest BCUT2D eigenvalue weighted by Gasteiger charge is 2.32. The van der Waals surface area contributed by atoms with Crippen LogP contribution < -0.4 is 0 Å². The molecule has 0 amide bonds. The van der Waals surface area contributed by atoms with Gasteiger partial charge in [-0.05, 0) is 36.8 Å². The van der Waals surface area contributed by atoms with Gasteiger partial charge in [-0.1, -0.05) is 29.8 Å². The van der Waals surface area contributed by atoms with Gasteiger partial charge in [0.25, 0.3) is 0 Å². The average Bonchev–Trinajstić information content (AvgIpc) is 2.28. The third kappa shape index (κ3) is 2.24. The molecule has 0 fully saturated rings. The molecule has 1 unspecified atom stereocenters. The predicted molar refractivity (Wildman–Crippen MR) is 66.5 cm³/mol. The minimum absolute atomic E-state index is 0.332. The molecule has 0 saturated carbocycles. The summed E-state index contributed by atoms with van der Waals surface area (Å²) in [5.74, 6) is -1.58. The van der Waals surface area contributed by atoms with Gasteiger partial charge in [0.05, 0.1) is 5.56 Å². The van der Waals surface area contributed by atoms with Gasteiger partial charge in [-0.15, -0.1) is 0 Å². The first-order chi connectivity index (χ1) is 8.43. The lowest BCUT2D eigenvalue weighted by Crippen LogP contribution is -2.26. The van der Waals surface area contributed by atoms with Gasteiger partial charge in [0.15, 0.2) is 0 Å². The van der Waals surface area contributed by atoms with Crippen LogP contribution in [0.1, 0.15) is 18.1 Å². The summed E-state index contributed by atoms with van der Waals surface area (Å²) in [7, 11) is 0. The van der Waals surface area contributed by atoms with Crippen molar-refractivity contribution in [2.24, 2.45) is 0 Å². The van der Waals surface area contributed by atoms with E-state index >= 15 is 0 Å². The summed E-state index contributed by atoms with van der Waals surface area (Å²) in [6.07, 6.45) is 0. The molecule has 0 aliphatic heterocycles. The molecule has 18 heavy (non-hydrogen) atoms. The third-order valence-electron chi connectivity index (χ3n) is 2.84. The Balaban J connectivity index is 2.61. The van der Waals surface area contributed by atoms with Crippen molar-refractivity contribution < 1.29 is 13.9 Å². The molecule has 0 radical (unpaired) electrons. The van der Waals surface area contributed by atoms with E-state index in [1.165, 1.54) is 19.1 Å². The Bertz CT molecular complexity index is 562. The fourth-order valence-electron chi connectivity index (χ4n) is 1.90. The maximum atomic E-state index is 13.7. The summed E-state index contributed by atoms with van der Waals surface area (Å²) < 4.78 is 27.4. The molecule has 94 valence electrons. The van der Waals surface area contributed by atoms with Crippen molar-refractivity contribution in [3.8, 4) is 0 Å². The zero-order valence-corrected chi connectivity index (χ0v) is 10.4. The monoisotopic (exact) mass is 268 g/mol. The van der Waals surface area contributed by atoms with E-state index in [0.717, 1.165) is 12.1 Å². The van der Waals surface area contributed by atoms with E-state index in [1.807, 2.05) is 0 Å². The van der Waals surface area contributed by atoms with Gasteiger partial charge in [0.2, 0.25) is 0 Å². The Labute approximate surface area is 109 Å². The minimum atomic E-state index is -1.78. The Hall–Kier alpha value is -1.45. The van der Waals surface area contributed by atoms with E-state index in [2.05, 4.69) is 0 Å². The summed E-state index contributed by atoms with van der Waals surface area (Å²) in [4.78, 5) is 0. The standard InChI is InChI=1S/C14H11ClF2O/c1-14(18,9-4-2-5-10(15)8-9)13-11(16)6-3-7-12(13)17/h2-8,18H,1H3. The van der Waals surface area contributed by atoms with Crippen molar-refractivity contribution in [1.29, 1.82) is 0 Å². The van der Waals surface area contributed by atoms with Gasteiger partial charge in [-0.3, -0.25) is 0 Å². The smallest absolute Gasteiger partial charge is 0.132 e. The molecule has 2 rings (SSSR count). The van der Waals surface area contributed by atoms with Gasteiger partial charge in [0, 0.05) is 5.02 Å². The van der Waals surface area contributed by atoms with Crippen LogP contribution in [0.2, 0.25) is 5.02 Å². The second kappa shape index (κ2) is 4.67. The van der Waals surface area contributed by atoms with Crippen molar-refractivity contribution in [3.63, 3.8) is 0 Å². The van der Waals surface area contributed by atoms with E-state index in [4.69, 9.17) is 11.6 Å². The van der Waals surface area contributed by atoms with Crippen LogP contribution in [0, 0.1) is 11.6 Å². The zero-order chi connectivity index (χ0) is 13.3. The summed E-state index contributed by atoms with van der Waals surface area (Å²) in [5, 5.41) is 10.8. The Morgan fingerprint density at radius 2 is 1.61 bits per heavy atom. The van der Waals surface area contributed by atoms with Crippen LogP contribution in [-0.2, 0) is 5.60 Å². The van der Waals surface area contributed by atoms with Gasteiger partial charge in [0.1, 0.15) is 17.2 Å². The van der Waals surface area contributed by atoms with Crippen LogP contribution >= 0.6 is 11.6 Å². The first kappa shape index (κ1) is 13.0. The van der Waals surface area contributed by atoms with Crippen molar-refractivity contribution >= 4 is 11.6 Å². The number of rotatable bonds is 2. The second-order valence-corrected chi connectivity index (χ2v) is 4.62. The van der Waals surface area contributed by atoms with Crippen LogP contribution in [0.5, 0.6) is 0 Å². The molecule has 0 spiro atoms. The van der Waals surface area contributed by atoms with Crippen LogP contribution in [-0.4, -0.2) is 5.11 Å². The number of aliphatic hydroxyl groups is 1. The molecule has 0 aliphatic rings. The third-order valence-corrected chi connectivity index (χ3v) is 3.07. The summed E-state index contributed by atoms with van der Waals surface area (Å²) in [6.45, 7) is 1.33. The molecule has 2 aromatic rings. The van der Waals surface area contributed by atoms with Crippen molar-refractivity contribution in [3.05, 3.63) is 70.2 Å². The lowest BCUT2D eigenvalue weighted by atomic mass is 9.87. The predicted octanol–water partition coefficient (Wildman–Crippen LogP) is 3.87. The summed E-state index contributed by atoms with van der Waals surface area (Å²) >= 11 is 5.82. The first-order valence-electron chi connectivity index (χ1n) is 5.36. The lowest BCUT2D eigenvalue weighted by Gasteiger charge is -2.25. The quantitative estimate of drug-likeness (QED) is 0.876. The largest absolute Gasteiger partial charge is 0.380 e. The minimum Gasteiger partial charge on any atom is -0.380 e. The lowest BCUT2D eigenvalue weighted by molar-refractivity contribution is 0.0934. The second-order valence-electron chi connectivity index (χ2n) is 4.18. The number of hydrogen-bond donors (Lipinski definition) is 1. The topological polar surface area (TPSA) is 20.2 Å². The van der Waals surface area contributed by atoms with Gasteiger partial charge < -0.3 is 5.11 Å². The highest BCUT2D eigenvalue weighted by Crippen LogP contribution is 2.33. The van der Waals surface area contributed by atoms with E-state index in [0.29, 0.717) is 10.6 Å². The van der Waals surface area contributed by atoms with Crippen LogP contribution in [0.4, 0.5) is 8.78 Å². The number of halogens is 3. The molecule has 1 N–H and O–H groups in total. The zero-order valence-electron chi connectivity index (χ0n) is 9.62. The van der Waals surface area contributed by atoms with Crippen molar-refractivity contribution in [2.75, 3.05) is 0 Å². The molecule has 0 aromatic heterocycles. The van der Waals surface area contributed by atoms with E-state index in [1.54, 1.807) is 18.2 Å². The molecule has 4 heteroatoms. The SMILES string of the molecule is CC(O)(c1cccc(Cl)c1)c1c(F)cccc1F. The van der Waals surface area contributed by atoms with Crippen LogP contribution in [0.3, 0.4) is 0 Å². The molecule has 0 aliphatic carbocycles. The molecule has 0 heterocycles.